The Morgan fingerprint density at radius 3 is 3.00 bits per heavy atom. The molecule has 0 radical (unpaired) electrons. The van der Waals surface area contributed by atoms with Crippen LogP contribution in [0.4, 0.5) is 30.8 Å². The summed E-state index contributed by atoms with van der Waals surface area (Å²) in [4.78, 5) is 18.4. The van der Waals surface area contributed by atoms with Crippen LogP contribution in [0.25, 0.3) is 11.0 Å². The minimum absolute atomic E-state index is 0.315. The maximum absolute atomic E-state index is 13.0. The lowest BCUT2D eigenvalue weighted by Gasteiger charge is -2.37. The van der Waals surface area contributed by atoms with Gasteiger partial charge in [0.25, 0.3) is 5.92 Å². The van der Waals surface area contributed by atoms with E-state index in [0.717, 1.165) is 11.2 Å². The van der Waals surface area contributed by atoms with Crippen LogP contribution in [0, 0.1) is 0 Å². The Hall–Kier alpha value is -3.43. The third-order valence-electron chi connectivity index (χ3n) is 5.07. The van der Waals surface area contributed by atoms with Gasteiger partial charge < -0.3 is 15.4 Å². The number of ether oxygens (including phenoxy) is 1. The smallest absolute Gasteiger partial charge is 0.322 e. The third kappa shape index (κ3) is 3.30. The summed E-state index contributed by atoms with van der Waals surface area (Å²) >= 11 is 0. The Balaban J connectivity index is 1.33. The molecule has 3 heterocycles. The zero-order valence-corrected chi connectivity index (χ0v) is 15.3. The number of fused-ring (bicyclic) bond motifs is 2. The van der Waals surface area contributed by atoms with E-state index >= 15 is 0 Å². The van der Waals surface area contributed by atoms with Crippen LogP contribution in [0.5, 0.6) is 5.75 Å². The van der Waals surface area contributed by atoms with Gasteiger partial charge in [0.1, 0.15) is 17.9 Å². The first-order valence-electron chi connectivity index (χ1n) is 9.27. The number of hydrogen-bond donors (Lipinski definition) is 3. The summed E-state index contributed by atoms with van der Waals surface area (Å²) in [5, 5.41) is 13.0. The van der Waals surface area contributed by atoms with Gasteiger partial charge >= 0.3 is 6.03 Å². The van der Waals surface area contributed by atoms with Crippen LogP contribution < -0.4 is 20.3 Å². The molecule has 8 nitrogen and oxygen atoms in total. The molecule has 5 rings (SSSR count). The van der Waals surface area contributed by atoms with Gasteiger partial charge in [-0.05, 0) is 24.3 Å². The maximum Gasteiger partial charge on any atom is 0.322 e. The van der Waals surface area contributed by atoms with Crippen molar-refractivity contribution in [2.75, 3.05) is 23.4 Å². The number of carbonyl (C=O) groups is 1. The molecule has 3 N–H and O–H groups in total. The number of anilines is 3. The largest absolute Gasteiger partial charge is 0.489 e. The van der Waals surface area contributed by atoms with Gasteiger partial charge in [-0.3, -0.25) is 15.0 Å². The van der Waals surface area contributed by atoms with Crippen molar-refractivity contribution in [3.05, 3.63) is 36.5 Å². The summed E-state index contributed by atoms with van der Waals surface area (Å²) in [6, 6.07) is 8.15. The highest BCUT2D eigenvalue weighted by Crippen LogP contribution is 2.39. The highest BCUT2D eigenvalue weighted by Gasteiger charge is 2.46. The van der Waals surface area contributed by atoms with Gasteiger partial charge in [0.15, 0.2) is 5.82 Å². The molecule has 2 amide bonds. The minimum Gasteiger partial charge on any atom is -0.489 e. The second-order valence-electron chi connectivity index (χ2n) is 7.19. The molecule has 0 spiro atoms. The average molecular weight is 400 g/mol. The fraction of sp³-hybridized carbons (Fsp3) is 0.316. The van der Waals surface area contributed by atoms with Crippen LogP contribution >= 0.6 is 0 Å². The zero-order chi connectivity index (χ0) is 20.0. The molecule has 0 saturated heterocycles. The number of pyridine rings is 1. The molecular formula is C19H18F2N6O2. The number of rotatable bonds is 3. The molecule has 150 valence electrons. The molecule has 1 aromatic carbocycles. The van der Waals surface area contributed by atoms with Crippen molar-refractivity contribution < 1.29 is 18.3 Å². The van der Waals surface area contributed by atoms with Gasteiger partial charge in [-0.1, -0.05) is 0 Å². The summed E-state index contributed by atoms with van der Waals surface area (Å²) in [7, 11) is 0. The summed E-state index contributed by atoms with van der Waals surface area (Å²) in [6.45, 7) is 0.667. The average Bonchev–Trinajstić information content (AvgIpc) is 3.09. The molecule has 0 bridgehead atoms. The molecule has 1 aliphatic carbocycles. The summed E-state index contributed by atoms with van der Waals surface area (Å²) in [6.07, 6.45) is 1.06. The standard InChI is InChI=1S/C19H18F2N6O2/c20-19(21)9-12(10-19)24-18(28)27-6-7-29-15-8-11(3-4-14(15)27)23-17-16-13(25-26-17)2-1-5-22-16/h1-5,8,12H,6-7,9-10H2,(H,24,28)(H2,23,25,26). The van der Waals surface area contributed by atoms with E-state index in [9.17, 15) is 13.6 Å². The second kappa shape index (κ2) is 6.57. The fourth-order valence-electron chi connectivity index (χ4n) is 3.60. The number of carbonyl (C=O) groups excluding carboxylic acids is 1. The Labute approximate surface area is 164 Å². The molecule has 1 aliphatic heterocycles. The van der Waals surface area contributed by atoms with Gasteiger partial charge in [0.2, 0.25) is 0 Å². The van der Waals surface area contributed by atoms with E-state index in [0.29, 0.717) is 35.9 Å². The minimum atomic E-state index is -2.67. The van der Waals surface area contributed by atoms with E-state index in [1.165, 1.54) is 4.90 Å². The van der Waals surface area contributed by atoms with Crippen LogP contribution in [0.2, 0.25) is 0 Å². The predicted molar refractivity (Wildman–Crippen MR) is 103 cm³/mol. The predicted octanol–water partition coefficient (Wildman–Crippen LogP) is 3.41. The number of halogens is 2. The van der Waals surface area contributed by atoms with Crippen molar-refractivity contribution in [3.8, 4) is 5.75 Å². The molecule has 3 aromatic rings. The maximum atomic E-state index is 13.0. The SMILES string of the molecule is O=C(NC1CC(F)(F)C1)N1CCOc2cc(Nc3n[nH]c4cccnc34)ccc21. The number of aromatic amines is 1. The Morgan fingerprint density at radius 1 is 1.31 bits per heavy atom. The van der Waals surface area contributed by atoms with Crippen molar-refractivity contribution >= 4 is 34.3 Å². The monoisotopic (exact) mass is 400 g/mol. The molecule has 10 heteroatoms. The first-order valence-corrected chi connectivity index (χ1v) is 9.27. The molecule has 1 saturated carbocycles. The van der Waals surface area contributed by atoms with Gasteiger partial charge in [-0.15, -0.1) is 0 Å². The Kier molecular flexibility index (Phi) is 4.00. The molecule has 2 aliphatic rings. The van der Waals surface area contributed by atoms with Crippen LogP contribution in [-0.2, 0) is 0 Å². The van der Waals surface area contributed by atoms with E-state index in [4.69, 9.17) is 4.74 Å². The van der Waals surface area contributed by atoms with Gasteiger partial charge in [-0.2, -0.15) is 5.10 Å². The van der Waals surface area contributed by atoms with Crippen LogP contribution in [0.3, 0.4) is 0 Å². The van der Waals surface area contributed by atoms with Crippen molar-refractivity contribution in [2.24, 2.45) is 0 Å². The lowest BCUT2D eigenvalue weighted by Crippen LogP contribution is -2.55. The van der Waals surface area contributed by atoms with E-state index in [2.05, 4.69) is 25.8 Å². The first-order chi connectivity index (χ1) is 14.0. The van der Waals surface area contributed by atoms with Crippen LogP contribution in [0.1, 0.15) is 12.8 Å². The van der Waals surface area contributed by atoms with Gasteiger partial charge in [-0.25, -0.2) is 13.6 Å². The number of nitrogens with zero attached hydrogens (tertiary/aromatic N) is 3. The van der Waals surface area contributed by atoms with E-state index in [1.54, 1.807) is 24.4 Å². The summed E-state index contributed by atoms with van der Waals surface area (Å²) in [5.41, 5.74) is 2.84. The number of nitrogens with one attached hydrogen (secondary N) is 3. The number of H-pyrrole nitrogens is 1. The quantitative estimate of drug-likeness (QED) is 0.626. The van der Waals surface area contributed by atoms with Gasteiger partial charge in [0.05, 0.1) is 17.7 Å². The summed E-state index contributed by atoms with van der Waals surface area (Å²) in [5.74, 6) is -1.56. The number of benzene rings is 1. The lowest BCUT2D eigenvalue weighted by atomic mass is 9.88. The lowest BCUT2D eigenvalue weighted by molar-refractivity contribution is -0.0895. The highest BCUT2D eigenvalue weighted by molar-refractivity contribution is 5.95. The van der Waals surface area contributed by atoms with Crippen molar-refractivity contribution in [3.63, 3.8) is 0 Å². The van der Waals surface area contributed by atoms with Crippen LogP contribution in [0.15, 0.2) is 36.5 Å². The normalized spacial score (nSPS) is 17.9. The van der Waals surface area contributed by atoms with Gasteiger partial charge in [0, 0.05) is 36.8 Å². The Morgan fingerprint density at radius 2 is 2.17 bits per heavy atom. The van der Waals surface area contributed by atoms with E-state index in [1.807, 2.05) is 12.1 Å². The topological polar surface area (TPSA) is 95.2 Å². The molecule has 0 unspecified atom stereocenters. The fourth-order valence-corrected chi connectivity index (χ4v) is 3.60. The van der Waals surface area contributed by atoms with Crippen molar-refractivity contribution in [1.29, 1.82) is 0 Å². The Bertz CT molecular complexity index is 1080. The van der Waals surface area contributed by atoms with E-state index < -0.39 is 18.0 Å². The number of amides is 2. The molecular weight excluding hydrogens is 382 g/mol. The van der Waals surface area contributed by atoms with Crippen molar-refractivity contribution in [2.45, 2.75) is 24.8 Å². The second-order valence-corrected chi connectivity index (χ2v) is 7.19. The van der Waals surface area contributed by atoms with Crippen molar-refractivity contribution in [1.82, 2.24) is 20.5 Å². The molecule has 2 aromatic heterocycles. The highest BCUT2D eigenvalue weighted by atomic mass is 19.3. The number of alkyl halides is 2. The number of urea groups is 1. The zero-order valence-electron chi connectivity index (χ0n) is 15.3. The summed E-state index contributed by atoms with van der Waals surface area (Å²) < 4.78 is 31.7. The van der Waals surface area contributed by atoms with E-state index in [-0.39, 0.29) is 12.8 Å². The number of aromatic nitrogens is 3. The molecule has 0 atom stereocenters. The first kappa shape index (κ1) is 17.7. The third-order valence-corrected chi connectivity index (χ3v) is 5.07. The molecule has 1 fully saturated rings. The van der Waals surface area contributed by atoms with Crippen LogP contribution in [-0.4, -0.2) is 46.3 Å². The number of hydrogen-bond acceptors (Lipinski definition) is 5. The molecule has 29 heavy (non-hydrogen) atoms.